The molecule has 2 rings (SSSR count). The fraction of sp³-hybridized carbons (Fsp3) is 0.613. The average Bonchev–Trinajstić information content (AvgIpc) is 2.80. The van der Waals surface area contributed by atoms with E-state index in [4.69, 9.17) is 9.16 Å². The first kappa shape index (κ1) is 29.4. The first-order valence-corrected chi connectivity index (χ1v) is 16.3. The highest BCUT2D eigenvalue weighted by Gasteiger charge is 2.34. The molecular weight excluding hydrogens is 451 g/mol. The van der Waals surface area contributed by atoms with E-state index in [9.17, 15) is 4.39 Å². The van der Waals surface area contributed by atoms with E-state index in [1.807, 2.05) is 13.0 Å². The number of allylic oxidation sites excluding steroid dienone is 6. The third kappa shape index (κ3) is 8.66. The van der Waals surface area contributed by atoms with Crippen LogP contribution in [0.3, 0.4) is 0 Å². The fourth-order valence-electron chi connectivity index (χ4n) is 4.85. The molecule has 0 unspecified atom stereocenters. The van der Waals surface area contributed by atoms with Crippen LogP contribution in [0, 0.1) is 20.8 Å². The lowest BCUT2D eigenvalue weighted by molar-refractivity contribution is 0.0559. The summed E-state index contributed by atoms with van der Waals surface area (Å²) in [4.78, 5) is 0. The van der Waals surface area contributed by atoms with Gasteiger partial charge in [0.05, 0.1) is 0 Å². The molecule has 0 fully saturated rings. The Kier molecular flexibility index (Phi) is 11.3. The van der Waals surface area contributed by atoms with Crippen LogP contribution in [0.1, 0.15) is 94.9 Å². The number of alkyl halides is 1. The van der Waals surface area contributed by atoms with Crippen LogP contribution in [0.5, 0.6) is 11.5 Å². The fourth-order valence-corrected chi connectivity index (χ4v) is 5.67. The van der Waals surface area contributed by atoms with Crippen LogP contribution in [0.4, 0.5) is 4.39 Å². The number of ether oxygens (including phenoxy) is 1. The van der Waals surface area contributed by atoms with E-state index in [-0.39, 0.29) is 12.3 Å². The summed E-state index contributed by atoms with van der Waals surface area (Å²) in [5.41, 5.74) is 8.66. The van der Waals surface area contributed by atoms with Gasteiger partial charge in [-0.1, -0.05) is 29.4 Å². The maximum absolute atomic E-state index is 12.5. The summed E-state index contributed by atoms with van der Waals surface area (Å²) in [6, 6.07) is 0. The molecule has 4 heteroatoms. The van der Waals surface area contributed by atoms with Crippen molar-refractivity contribution in [2.24, 2.45) is 0 Å². The zero-order chi connectivity index (χ0) is 26.2. The molecule has 0 saturated heterocycles. The molecule has 1 atom stereocenters. The summed E-state index contributed by atoms with van der Waals surface area (Å²) in [6.45, 7) is 19.2. The number of rotatable bonds is 12. The van der Waals surface area contributed by atoms with Gasteiger partial charge in [-0.05, 0) is 135 Å². The minimum atomic E-state index is -1.15. The zero-order valence-electron chi connectivity index (χ0n) is 23.9. The molecule has 0 aliphatic carbocycles. The van der Waals surface area contributed by atoms with Crippen LogP contribution in [-0.4, -0.2) is 21.3 Å². The number of halogens is 1. The highest BCUT2D eigenvalue weighted by Crippen LogP contribution is 2.45. The van der Waals surface area contributed by atoms with E-state index >= 15 is 0 Å². The molecule has 1 aliphatic heterocycles. The number of hydrogen-bond acceptors (Lipinski definition) is 2. The van der Waals surface area contributed by atoms with E-state index in [2.05, 4.69) is 66.8 Å². The summed E-state index contributed by atoms with van der Waals surface area (Å²) < 4.78 is 25.5. The minimum absolute atomic E-state index is 0.121. The predicted octanol–water partition coefficient (Wildman–Crippen LogP) is 9.21. The van der Waals surface area contributed by atoms with E-state index in [1.165, 1.54) is 33.4 Å². The molecule has 1 aliphatic rings. The second-order valence-electron chi connectivity index (χ2n) is 11.1. The quantitative estimate of drug-likeness (QED) is 0.210. The molecule has 2 nitrogen and oxygen atoms in total. The van der Waals surface area contributed by atoms with E-state index in [0.717, 1.165) is 68.4 Å². The normalized spacial score (nSPS) is 19.1. The van der Waals surface area contributed by atoms with Crippen LogP contribution < -0.4 is 9.16 Å². The van der Waals surface area contributed by atoms with Crippen molar-refractivity contribution in [3.63, 3.8) is 0 Å². The van der Waals surface area contributed by atoms with Gasteiger partial charge in [-0.25, -0.2) is 4.39 Å². The van der Waals surface area contributed by atoms with Gasteiger partial charge in [0, 0.05) is 5.56 Å². The van der Waals surface area contributed by atoms with Crippen molar-refractivity contribution in [3.8, 4) is 11.5 Å². The van der Waals surface area contributed by atoms with Crippen LogP contribution in [0.2, 0.25) is 13.1 Å². The molecular formula is C31H49FO2Si. The topological polar surface area (TPSA) is 18.5 Å². The molecule has 0 aromatic heterocycles. The largest absolute Gasteiger partial charge is 0.547 e. The summed E-state index contributed by atoms with van der Waals surface area (Å²) in [5, 5.41) is 0. The lowest BCUT2D eigenvalue weighted by atomic mass is 9.85. The predicted molar refractivity (Wildman–Crippen MR) is 152 cm³/mol. The third-order valence-corrected chi connectivity index (χ3v) is 8.06. The summed E-state index contributed by atoms with van der Waals surface area (Å²) in [7, 11) is -1.15. The van der Waals surface area contributed by atoms with Gasteiger partial charge in [0.1, 0.15) is 23.8 Å². The van der Waals surface area contributed by atoms with E-state index in [0.29, 0.717) is 0 Å². The van der Waals surface area contributed by atoms with Crippen molar-refractivity contribution < 1.29 is 13.6 Å². The molecule has 0 saturated carbocycles. The molecule has 196 valence electrons. The third-order valence-electron chi connectivity index (χ3n) is 7.36. The number of benzene rings is 1. The Morgan fingerprint density at radius 2 is 1.49 bits per heavy atom. The molecule has 0 N–H and O–H groups in total. The summed E-state index contributed by atoms with van der Waals surface area (Å²) >= 11 is 0. The van der Waals surface area contributed by atoms with Crippen molar-refractivity contribution in [3.05, 3.63) is 57.2 Å². The van der Waals surface area contributed by atoms with Gasteiger partial charge in [-0.3, -0.25) is 0 Å². The smallest absolute Gasteiger partial charge is 0.229 e. The SMILES string of the molecule is CC(=CCC/C(C)=C/CC/C(C)=C/CC[C@]1(C)CCc2c(C)c(O[SiH](C)C)c(C)c(C)c2O1)CF. The molecule has 1 aromatic rings. The second-order valence-corrected chi connectivity index (χ2v) is 13.5. The summed E-state index contributed by atoms with van der Waals surface area (Å²) in [6.07, 6.45) is 15.0. The van der Waals surface area contributed by atoms with E-state index in [1.54, 1.807) is 0 Å². The molecule has 35 heavy (non-hydrogen) atoms. The lowest BCUT2D eigenvalue weighted by Gasteiger charge is -2.38. The highest BCUT2D eigenvalue weighted by atomic mass is 28.3. The molecule has 1 heterocycles. The average molecular weight is 501 g/mol. The first-order chi connectivity index (χ1) is 16.5. The van der Waals surface area contributed by atoms with Crippen LogP contribution in [-0.2, 0) is 6.42 Å². The van der Waals surface area contributed by atoms with Crippen LogP contribution in [0.25, 0.3) is 0 Å². The Balaban J connectivity index is 1.92. The Labute approximate surface area is 216 Å². The van der Waals surface area contributed by atoms with Crippen LogP contribution >= 0.6 is 0 Å². The maximum atomic E-state index is 12.5. The first-order valence-electron chi connectivity index (χ1n) is 13.5. The van der Waals surface area contributed by atoms with Crippen molar-refractivity contribution in [1.29, 1.82) is 0 Å². The maximum Gasteiger partial charge on any atom is 0.229 e. The number of fused-ring (bicyclic) bond motifs is 1. The van der Waals surface area contributed by atoms with Gasteiger partial charge in [0.25, 0.3) is 0 Å². The second kappa shape index (κ2) is 13.5. The minimum Gasteiger partial charge on any atom is -0.547 e. The van der Waals surface area contributed by atoms with E-state index < -0.39 is 9.04 Å². The van der Waals surface area contributed by atoms with Gasteiger partial charge in [0.15, 0.2) is 0 Å². The Morgan fingerprint density at radius 3 is 2.06 bits per heavy atom. The molecule has 0 radical (unpaired) electrons. The van der Waals surface area contributed by atoms with Gasteiger partial charge >= 0.3 is 0 Å². The van der Waals surface area contributed by atoms with Gasteiger partial charge in [-0.2, -0.15) is 0 Å². The van der Waals surface area contributed by atoms with Crippen molar-refractivity contribution in [2.45, 2.75) is 119 Å². The van der Waals surface area contributed by atoms with Gasteiger partial charge < -0.3 is 9.16 Å². The van der Waals surface area contributed by atoms with Crippen molar-refractivity contribution in [2.75, 3.05) is 6.67 Å². The van der Waals surface area contributed by atoms with Crippen molar-refractivity contribution in [1.82, 2.24) is 0 Å². The molecule has 0 amide bonds. The summed E-state index contributed by atoms with van der Waals surface area (Å²) in [5.74, 6) is 2.20. The molecule has 0 bridgehead atoms. The van der Waals surface area contributed by atoms with Gasteiger partial charge in [0.2, 0.25) is 9.04 Å². The van der Waals surface area contributed by atoms with Gasteiger partial charge in [-0.15, -0.1) is 0 Å². The molecule has 1 aromatic carbocycles. The Morgan fingerprint density at radius 1 is 0.914 bits per heavy atom. The highest BCUT2D eigenvalue weighted by molar-refractivity contribution is 6.49. The van der Waals surface area contributed by atoms with Crippen molar-refractivity contribution >= 4 is 9.04 Å². The molecule has 0 spiro atoms. The number of hydrogen-bond donors (Lipinski definition) is 0. The lowest BCUT2D eigenvalue weighted by Crippen LogP contribution is -2.37. The Bertz CT molecular complexity index is 957. The standard InChI is InChI=1S/C31H49FO2Si/c1-22(15-11-16-24(3)21-32)13-10-14-23(2)17-12-19-31(7)20-18-28-27(6)29(34-35(8)9)25(4)26(5)30(28)33-31/h13,16-17,35H,10-12,14-15,18-21H2,1-9H3/b22-13+,23-17+,24-16?/t31-/m1/s1. The Hall–Kier alpha value is -1.81. The van der Waals surface area contributed by atoms with Crippen LogP contribution in [0.15, 0.2) is 34.9 Å². The monoisotopic (exact) mass is 500 g/mol. The zero-order valence-corrected chi connectivity index (χ0v) is 25.0.